The molecule has 0 aliphatic heterocycles. The molecule has 3 heterocycles. The molecule has 0 unspecified atom stereocenters. The SMILES string of the molecule is CC(C)(C)OC(=O)N(Cc1nccs1)c1nc(Cl)nn2cc(Br)cc12. The van der Waals surface area contributed by atoms with Crippen molar-refractivity contribution in [1.82, 2.24) is 19.6 Å². The van der Waals surface area contributed by atoms with Gasteiger partial charge >= 0.3 is 6.09 Å². The van der Waals surface area contributed by atoms with Crippen molar-refractivity contribution in [3.63, 3.8) is 0 Å². The molecule has 0 atom stereocenters. The van der Waals surface area contributed by atoms with Gasteiger partial charge in [0.05, 0.1) is 6.54 Å². The number of halogens is 2. The molecular formula is C15H15BrClN5O2S. The fourth-order valence-corrected chi connectivity index (χ4v) is 3.31. The smallest absolute Gasteiger partial charge is 0.416 e. The van der Waals surface area contributed by atoms with Crippen LogP contribution in [-0.2, 0) is 11.3 Å². The third-order valence-electron chi connectivity index (χ3n) is 3.03. The Hall–Kier alpha value is -1.71. The molecule has 7 nitrogen and oxygen atoms in total. The fourth-order valence-electron chi connectivity index (χ4n) is 2.13. The van der Waals surface area contributed by atoms with Crippen molar-refractivity contribution < 1.29 is 9.53 Å². The summed E-state index contributed by atoms with van der Waals surface area (Å²) in [5, 5.41) is 6.75. The second-order valence-electron chi connectivity index (χ2n) is 6.18. The lowest BCUT2D eigenvalue weighted by Gasteiger charge is -2.26. The van der Waals surface area contributed by atoms with Crippen molar-refractivity contribution in [3.05, 3.63) is 38.6 Å². The zero-order chi connectivity index (χ0) is 18.2. The minimum atomic E-state index is -0.645. The van der Waals surface area contributed by atoms with Crippen LogP contribution in [0.3, 0.4) is 0 Å². The van der Waals surface area contributed by atoms with Crippen LogP contribution in [0.15, 0.2) is 28.3 Å². The quantitative estimate of drug-likeness (QED) is 0.593. The number of hydrogen-bond donors (Lipinski definition) is 0. The number of rotatable bonds is 3. The molecule has 0 spiro atoms. The van der Waals surface area contributed by atoms with Gasteiger partial charge < -0.3 is 4.74 Å². The first-order valence-electron chi connectivity index (χ1n) is 7.33. The number of thiazole rings is 1. The molecule has 132 valence electrons. The van der Waals surface area contributed by atoms with E-state index in [-0.39, 0.29) is 11.8 Å². The summed E-state index contributed by atoms with van der Waals surface area (Å²) in [4.78, 5) is 22.7. The highest BCUT2D eigenvalue weighted by molar-refractivity contribution is 9.10. The topological polar surface area (TPSA) is 72.6 Å². The van der Waals surface area contributed by atoms with Crippen LogP contribution in [0.2, 0.25) is 5.28 Å². The summed E-state index contributed by atoms with van der Waals surface area (Å²) in [6.07, 6.45) is 2.89. The van der Waals surface area contributed by atoms with Gasteiger partial charge in [-0.3, -0.25) is 4.90 Å². The minimum absolute atomic E-state index is 0.0262. The number of nitrogens with zero attached hydrogens (tertiary/aromatic N) is 5. The zero-order valence-corrected chi connectivity index (χ0v) is 16.9. The van der Waals surface area contributed by atoms with E-state index in [1.54, 1.807) is 16.9 Å². The van der Waals surface area contributed by atoms with Gasteiger partial charge in [-0.1, -0.05) is 0 Å². The Morgan fingerprint density at radius 1 is 1.48 bits per heavy atom. The summed E-state index contributed by atoms with van der Waals surface area (Å²) in [7, 11) is 0. The van der Waals surface area contributed by atoms with Gasteiger partial charge in [-0.25, -0.2) is 14.3 Å². The van der Waals surface area contributed by atoms with E-state index in [0.29, 0.717) is 11.3 Å². The van der Waals surface area contributed by atoms with Crippen LogP contribution >= 0.6 is 38.9 Å². The molecule has 0 saturated carbocycles. The van der Waals surface area contributed by atoms with E-state index in [2.05, 4.69) is 31.0 Å². The van der Waals surface area contributed by atoms with Gasteiger partial charge in [0.2, 0.25) is 5.28 Å². The fraction of sp³-hybridized carbons (Fsp3) is 0.333. The van der Waals surface area contributed by atoms with Crippen LogP contribution in [0.5, 0.6) is 0 Å². The number of carbonyl (C=O) groups excluding carboxylic acids is 1. The van der Waals surface area contributed by atoms with Crippen LogP contribution in [0.1, 0.15) is 25.8 Å². The van der Waals surface area contributed by atoms with Crippen molar-refractivity contribution in [3.8, 4) is 0 Å². The summed E-state index contributed by atoms with van der Waals surface area (Å²) in [5.41, 5.74) is -0.0212. The molecule has 0 fully saturated rings. The number of fused-ring (bicyclic) bond motifs is 1. The van der Waals surface area contributed by atoms with Gasteiger partial charge in [-0.2, -0.15) is 4.98 Å². The van der Waals surface area contributed by atoms with Crippen molar-refractivity contribution in [2.24, 2.45) is 0 Å². The van der Waals surface area contributed by atoms with E-state index < -0.39 is 11.7 Å². The van der Waals surface area contributed by atoms with E-state index in [4.69, 9.17) is 16.3 Å². The maximum absolute atomic E-state index is 12.8. The third-order valence-corrected chi connectivity index (χ3v) is 4.39. The molecule has 25 heavy (non-hydrogen) atoms. The number of aromatic nitrogens is 4. The van der Waals surface area contributed by atoms with Gasteiger partial charge in [-0.05, 0) is 54.4 Å². The number of hydrogen-bond acceptors (Lipinski definition) is 6. The summed E-state index contributed by atoms with van der Waals surface area (Å²) in [6, 6.07) is 1.81. The normalized spacial score (nSPS) is 11.7. The van der Waals surface area contributed by atoms with E-state index >= 15 is 0 Å². The standard InChI is InChI=1S/C15H15BrClN5O2S/c1-15(2,3)24-14(23)21(8-11-18-4-5-25-11)12-10-6-9(16)7-22(10)20-13(17)19-12/h4-7H,8H2,1-3H3. The van der Waals surface area contributed by atoms with Gasteiger partial charge in [0.25, 0.3) is 0 Å². The Morgan fingerprint density at radius 3 is 2.88 bits per heavy atom. The maximum atomic E-state index is 12.8. The maximum Gasteiger partial charge on any atom is 0.416 e. The zero-order valence-electron chi connectivity index (χ0n) is 13.7. The minimum Gasteiger partial charge on any atom is -0.443 e. The lowest BCUT2D eigenvalue weighted by Crippen LogP contribution is -2.37. The highest BCUT2D eigenvalue weighted by Crippen LogP contribution is 2.28. The molecule has 0 bridgehead atoms. The Bertz CT molecular complexity index is 907. The Labute approximate surface area is 161 Å². The van der Waals surface area contributed by atoms with Crippen molar-refractivity contribution in [1.29, 1.82) is 0 Å². The lowest BCUT2D eigenvalue weighted by atomic mass is 10.2. The average molecular weight is 445 g/mol. The van der Waals surface area contributed by atoms with Crippen LogP contribution in [-0.4, -0.2) is 31.3 Å². The van der Waals surface area contributed by atoms with Crippen molar-refractivity contribution in [2.75, 3.05) is 4.90 Å². The second kappa shape index (κ2) is 6.89. The first-order chi connectivity index (χ1) is 11.7. The van der Waals surface area contributed by atoms with E-state index in [0.717, 1.165) is 9.48 Å². The second-order valence-corrected chi connectivity index (χ2v) is 8.42. The van der Waals surface area contributed by atoms with Crippen LogP contribution in [0.25, 0.3) is 5.52 Å². The summed E-state index contributed by atoms with van der Waals surface area (Å²) in [5.74, 6) is 0.357. The molecule has 0 aromatic carbocycles. The summed E-state index contributed by atoms with van der Waals surface area (Å²) >= 11 is 10.9. The summed E-state index contributed by atoms with van der Waals surface area (Å²) < 4.78 is 7.90. The molecule has 3 aromatic heterocycles. The molecule has 0 aliphatic carbocycles. The molecule has 0 radical (unpaired) electrons. The van der Waals surface area contributed by atoms with Crippen LogP contribution in [0.4, 0.5) is 10.6 Å². The monoisotopic (exact) mass is 443 g/mol. The van der Waals surface area contributed by atoms with Gasteiger partial charge in [0.1, 0.15) is 16.1 Å². The number of anilines is 1. The molecule has 0 N–H and O–H groups in total. The Morgan fingerprint density at radius 2 is 2.24 bits per heavy atom. The molecule has 3 rings (SSSR count). The van der Waals surface area contributed by atoms with E-state index in [1.165, 1.54) is 16.2 Å². The predicted molar refractivity (Wildman–Crippen MR) is 100 cm³/mol. The highest BCUT2D eigenvalue weighted by Gasteiger charge is 2.27. The largest absolute Gasteiger partial charge is 0.443 e. The molecule has 3 aromatic rings. The molecule has 0 saturated heterocycles. The van der Waals surface area contributed by atoms with Gasteiger partial charge in [0, 0.05) is 22.2 Å². The van der Waals surface area contributed by atoms with E-state index in [1.807, 2.05) is 32.2 Å². The van der Waals surface area contributed by atoms with E-state index in [9.17, 15) is 4.79 Å². The van der Waals surface area contributed by atoms with Gasteiger partial charge in [-0.15, -0.1) is 16.4 Å². The first kappa shape index (κ1) is 18.1. The molecule has 1 amide bonds. The average Bonchev–Trinajstić information content (AvgIpc) is 3.10. The summed E-state index contributed by atoms with van der Waals surface area (Å²) in [6.45, 7) is 5.65. The Kier molecular flexibility index (Phi) is 4.99. The van der Waals surface area contributed by atoms with Gasteiger partial charge in [0.15, 0.2) is 5.82 Å². The van der Waals surface area contributed by atoms with Crippen LogP contribution in [0, 0.1) is 0 Å². The van der Waals surface area contributed by atoms with Crippen molar-refractivity contribution in [2.45, 2.75) is 32.9 Å². The number of ether oxygens (including phenoxy) is 1. The van der Waals surface area contributed by atoms with Crippen molar-refractivity contribution >= 4 is 56.3 Å². The molecular weight excluding hydrogens is 430 g/mol. The number of amides is 1. The molecule has 10 heteroatoms. The first-order valence-corrected chi connectivity index (χ1v) is 9.38. The number of carbonyl (C=O) groups is 1. The lowest BCUT2D eigenvalue weighted by molar-refractivity contribution is 0.0576. The van der Waals surface area contributed by atoms with Crippen LogP contribution < -0.4 is 4.90 Å². The Balaban J connectivity index is 2.09. The predicted octanol–water partition coefficient (Wildman–Crippen LogP) is 4.54. The highest BCUT2D eigenvalue weighted by atomic mass is 79.9. The molecule has 0 aliphatic rings. The third kappa shape index (κ3) is 4.28.